The Morgan fingerprint density at radius 2 is 1.45 bits per heavy atom. The molecule has 5 rings (SSSR count). The van der Waals surface area contributed by atoms with Crippen LogP contribution in [0.4, 0.5) is 37.1 Å². The van der Waals surface area contributed by atoms with Gasteiger partial charge in [0.05, 0.1) is 17.9 Å². The first-order chi connectivity index (χ1) is 22.4. The fourth-order valence-electron chi connectivity index (χ4n) is 6.72. The van der Waals surface area contributed by atoms with E-state index in [4.69, 9.17) is 4.74 Å². The number of ketones is 1. The first-order valence-corrected chi connectivity index (χ1v) is 16.8. The molecule has 0 saturated heterocycles. The van der Waals surface area contributed by atoms with Gasteiger partial charge in [-0.05, 0) is 76.8 Å². The molecule has 0 aromatic heterocycles. The van der Waals surface area contributed by atoms with E-state index >= 15 is 0 Å². The summed E-state index contributed by atoms with van der Waals surface area (Å²) in [6.07, 6.45) is 8.66. The van der Waals surface area contributed by atoms with Gasteiger partial charge in [-0.15, -0.1) is 0 Å². The number of rotatable bonds is 8. The molecule has 47 heavy (non-hydrogen) atoms. The Kier molecular flexibility index (Phi) is 10.5. The van der Waals surface area contributed by atoms with Crippen LogP contribution < -0.4 is 20.0 Å². The van der Waals surface area contributed by atoms with Crippen LogP contribution in [0.15, 0.2) is 48.5 Å². The molecule has 2 fully saturated rings. The molecule has 11 nitrogen and oxygen atoms in total. The Morgan fingerprint density at radius 3 is 2.11 bits per heavy atom. The van der Waals surface area contributed by atoms with Crippen molar-refractivity contribution < 1.29 is 28.7 Å². The number of amides is 6. The number of anilines is 4. The van der Waals surface area contributed by atoms with Crippen LogP contribution in [-0.2, 0) is 14.3 Å². The predicted octanol–water partition coefficient (Wildman–Crippen LogP) is 7.35. The fourth-order valence-corrected chi connectivity index (χ4v) is 6.72. The molecular weight excluding hydrogens is 598 g/mol. The van der Waals surface area contributed by atoms with Crippen LogP contribution in [0.2, 0.25) is 0 Å². The van der Waals surface area contributed by atoms with Gasteiger partial charge < -0.3 is 10.1 Å². The molecule has 3 aliphatic rings. The molecule has 1 N–H and O–H groups in total. The molecule has 2 aromatic carbocycles. The highest BCUT2D eigenvalue weighted by atomic mass is 16.6. The second-order valence-electron chi connectivity index (χ2n) is 13.8. The lowest BCUT2D eigenvalue weighted by Crippen LogP contribution is -2.54. The molecule has 1 aliphatic heterocycles. The van der Waals surface area contributed by atoms with Gasteiger partial charge >= 0.3 is 18.2 Å². The van der Waals surface area contributed by atoms with Crippen molar-refractivity contribution in [3.05, 3.63) is 48.5 Å². The average Bonchev–Trinajstić information content (AvgIpc) is 3.42. The van der Waals surface area contributed by atoms with Gasteiger partial charge in [0.2, 0.25) is 5.91 Å². The minimum atomic E-state index is -0.696. The zero-order valence-corrected chi connectivity index (χ0v) is 28.0. The van der Waals surface area contributed by atoms with Crippen molar-refractivity contribution >= 4 is 52.6 Å². The number of ether oxygens (including phenoxy) is 1. The first-order valence-electron chi connectivity index (χ1n) is 16.8. The summed E-state index contributed by atoms with van der Waals surface area (Å²) >= 11 is 0. The molecule has 0 bridgehead atoms. The number of imide groups is 1. The molecule has 1 heterocycles. The van der Waals surface area contributed by atoms with Gasteiger partial charge in [0.25, 0.3) is 0 Å². The van der Waals surface area contributed by atoms with Gasteiger partial charge in [-0.25, -0.2) is 19.3 Å². The van der Waals surface area contributed by atoms with Crippen molar-refractivity contribution in [2.45, 2.75) is 96.6 Å². The summed E-state index contributed by atoms with van der Waals surface area (Å²) in [5.41, 5.74) is 1.28. The van der Waals surface area contributed by atoms with E-state index in [2.05, 4.69) is 5.32 Å². The number of nitrogens with one attached hydrogen (secondary N) is 1. The minimum Gasteiger partial charge on any atom is -0.443 e. The average molecular weight is 646 g/mol. The second-order valence-corrected chi connectivity index (χ2v) is 13.8. The molecule has 0 unspecified atom stereocenters. The molecule has 0 radical (unpaired) electrons. The predicted molar refractivity (Wildman–Crippen MR) is 182 cm³/mol. The molecule has 2 saturated carbocycles. The van der Waals surface area contributed by atoms with Crippen molar-refractivity contribution in [2.24, 2.45) is 5.92 Å². The van der Waals surface area contributed by atoms with Crippen LogP contribution in [0.5, 0.6) is 0 Å². The zero-order valence-electron chi connectivity index (χ0n) is 28.0. The fraction of sp³-hybridized carbons (Fsp3) is 0.528. The third-order valence-corrected chi connectivity index (χ3v) is 9.13. The van der Waals surface area contributed by atoms with Crippen molar-refractivity contribution in [3.8, 4) is 0 Å². The zero-order chi connectivity index (χ0) is 33.7. The number of para-hydroxylation sites is 2. The molecule has 6 amide bonds. The maximum Gasteiger partial charge on any atom is 0.414 e. The number of urea groups is 2. The van der Waals surface area contributed by atoms with Crippen LogP contribution >= 0.6 is 0 Å². The smallest absolute Gasteiger partial charge is 0.414 e. The van der Waals surface area contributed by atoms with E-state index in [1.54, 1.807) is 69.1 Å². The summed E-state index contributed by atoms with van der Waals surface area (Å²) in [6, 6.07) is 12.5. The summed E-state index contributed by atoms with van der Waals surface area (Å²) in [4.78, 5) is 73.7. The Hall–Kier alpha value is -4.41. The van der Waals surface area contributed by atoms with E-state index < -0.39 is 36.2 Å². The summed E-state index contributed by atoms with van der Waals surface area (Å²) in [7, 11) is 1.57. The lowest BCUT2D eigenvalue weighted by atomic mass is 10.0. The third kappa shape index (κ3) is 8.12. The van der Waals surface area contributed by atoms with Gasteiger partial charge in [0.15, 0.2) is 5.78 Å². The van der Waals surface area contributed by atoms with E-state index in [0.29, 0.717) is 22.7 Å². The van der Waals surface area contributed by atoms with Gasteiger partial charge in [0.1, 0.15) is 12.1 Å². The molecular formula is C36H47N5O6. The summed E-state index contributed by atoms with van der Waals surface area (Å²) in [5.74, 6) is -0.733. The number of fused-ring (bicyclic) bond motifs is 1. The number of benzene rings is 2. The number of nitrogens with zero attached hydrogens (tertiary/aromatic N) is 4. The normalized spacial score (nSPS) is 18.0. The van der Waals surface area contributed by atoms with Crippen LogP contribution in [0.25, 0.3) is 0 Å². The van der Waals surface area contributed by atoms with Crippen LogP contribution in [0, 0.1) is 5.92 Å². The molecule has 252 valence electrons. The van der Waals surface area contributed by atoms with E-state index in [-0.39, 0.29) is 24.3 Å². The maximum atomic E-state index is 14.4. The van der Waals surface area contributed by atoms with Crippen molar-refractivity contribution in [2.75, 3.05) is 40.2 Å². The van der Waals surface area contributed by atoms with E-state index in [1.807, 2.05) is 12.1 Å². The number of carbonyl (C=O) groups excluding carboxylic acids is 5. The van der Waals surface area contributed by atoms with Gasteiger partial charge in [-0.2, -0.15) is 0 Å². The quantitative estimate of drug-likeness (QED) is 0.300. The summed E-state index contributed by atoms with van der Waals surface area (Å²) < 4.78 is 5.46. The Morgan fingerprint density at radius 1 is 0.809 bits per heavy atom. The Labute approximate surface area is 277 Å². The number of Topliss-reactive ketones (excluding diaryl/α,β-unsaturated/α-hetero) is 1. The van der Waals surface area contributed by atoms with Gasteiger partial charge in [0, 0.05) is 30.4 Å². The topological polar surface area (TPSA) is 120 Å². The van der Waals surface area contributed by atoms with Crippen LogP contribution in [-0.4, -0.2) is 66.5 Å². The molecule has 0 spiro atoms. The molecule has 2 aliphatic carbocycles. The van der Waals surface area contributed by atoms with Gasteiger partial charge in [-0.1, -0.05) is 56.7 Å². The number of hydrogen-bond donors (Lipinski definition) is 1. The van der Waals surface area contributed by atoms with Crippen LogP contribution in [0.1, 0.15) is 85.0 Å². The SMILES string of the molecule is CN(C(=O)OC(C)(C)C)c1cccc(NC(=O)CN2C(=O)N(CC(=O)C3CCCC3)c3ccccc3N(C3CCCCCC3)C2=O)c1. The van der Waals surface area contributed by atoms with Gasteiger partial charge in [-0.3, -0.25) is 24.3 Å². The summed E-state index contributed by atoms with van der Waals surface area (Å²) in [6.45, 7) is 4.63. The highest BCUT2D eigenvalue weighted by Crippen LogP contribution is 2.38. The molecule has 11 heteroatoms. The van der Waals surface area contributed by atoms with E-state index in [9.17, 15) is 24.0 Å². The first kappa shape index (κ1) is 33.9. The largest absolute Gasteiger partial charge is 0.443 e. The Balaban J connectivity index is 1.42. The number of carbonyl (C=O) groups is 5. The lowest BCUT2D eigenvalue weighted by molar-refractivity contribution is -0.121. The number of hydrogen-bond acceptors (Lipinski definition) is 6. The molecule has 0 atom stereocenters. The summed E-state index contributed by atoms with van der Waals surface area (Å²) in [5, 5.41) is 2.79. The van der Waals surface area contributed by atoms with E-state index in [1.165, 1.54) is 9.80 Å². The monoisotopic (exact) mass is 645 g/mol. The standard InChI is InChI=1S/C36H47N5O6/c1-36(2,3)47-35(46)38(4)28-19-13-16-26(22-28)37-32(43)24-40-33(44)39(23-31(42)25-14-9-10-15-25)29-20-11-12-21-30(29)41(34(40)45)27-17-7-5-6-8-18-27/h11-13,16,19-22,25,27H,5-10,14-15,17-18,23-24H2,1-4H3,(H,37,43). The van der Waals surface area contributed by atoms with Crippen molar-refractivity contribution in [1.29, 1.82) is 0 Å². The second kappa shape index (κ2) is 14.6. The highest BCUT2D eigenvalue weighted by molar-refractivity contribution is 6.16. The van der Waals surface area contributed by atoms with E-state index in [0.717, 1.165) is 69.1 Å². The third-order valence-electron chi connectivity index (χ3n) is 9.13. The van der Waals surface area contributed by atoms with Crippen molar-refractivity contribution in [3.63, 3.8) is 0 Å². The maximum absolute atomic E-state index is 14.4. The lowest BCUT2D eigenvalue weighted by Gasteiger charge is -2.33. The molecule has 2 aromatic rings. The van der Waals surface area contributed by atoms with Crippen molar-refractivity contribution in [1.82, 2.24) is 4.90 Å². The Bertz CT molecular complexity index is 1490. The van der Waals surface area contributed by atoms with Crippen LogP contribution in [0.3, 0.4) is 0 Å². The minimum absolute atomic E-state index is 0.0312. The highest BCUT2D eigenvalue weighted by Gasteiger charge is 2.42.